The lowest BCUT2D eigenvalue weighted by Gasteiger charge is -2.13. The van der Waals surface area contributed by atoms with Crippen molar-refractivity contribution in [2.45, 2.75) is 24.0 Å². The molecule has 1 atom stereocenters. The van der Waals surface area contributed by atoms with Crippen LogP contribution in [0.2, 0.25) is 0 Å². The highest BCUT2D eigenvalue weighted by Gasteiger charge is 2.18. The third-order valence-electron chi connectivity index (χ3n) is 5.98. The Morgan fingerprint density at radius 2 is 1.73 bits per heavy atom. The van der Waals surface area contributed by atoms with Gasteiger partial charge in [0.15, 0.2) is 0 Å². The van der Waals surface area contributed by atoms with Gasteiger partial charge in [0.05, 0.1) is 5.25 Å². The SMILES string of the molecule is Cc1nnc(NC(=O)C(C)Sc2cccc(NC(=O)/C(=C/c3c[nH]c4ccccc34)NC(=O)c3ccccc3)c2)s1. The minimum absolute atomic E-state index is 0.0850. The van der Waals surface area contributed by atoms with Gasteiger partial charge in [-0.15, -0.1) is 22.0 Å². The Labute approximate surface area is 244 Å². The van der Waals surface area contributed by atoms with Crippen LogP contribution in [0.4, 0.5) is 10.8 Å². The minimum atomic E-state index is -0.487. The standard InChI is InChI=1S/C30H26N6O3S2/c1-18(27(37)34-30-36-35-19(2)41-30)40-23-12-8-11-22(16-23)32-29(39)26(33-28(38)20-9-4-3-5-10-20)15-21-17-31-25-14-7-6-13-24(21)25/h3-18,31H,1-2H3,(H,32,39)(H,33,38)(H,34,36,37)/b26-15-. The first-order chi connectivity index (χ1) is 19.9. The molecule has 3 aromatic carbocycles. The molecule has 0 spiro atoms. The van der Waals surface area contributed by atoms with Crippen LogP contribution in [0, 0.1) is 6.92 Å². The molecule has 4 N–H and O–H groups in total. The molecule has 41 heavy (non-hydrogen) atoms. The number of amides is 3. The van der Waals surface area contributed by atoms with E-state index in [1.807, 2.05) is 43.3 Å². The van der Waals surface area contributed by atoms with Crippen molar-refractivity contribution < 1.29 is 14.4 Å². The topological polar surface area (TPSA) is 129 Å². The van der Waals surface area contributed by atoms with Gasteiger partial charge in [0.1, 0.15) is 10.7 Å². The number of nitrogens with zero attached hydrogens (tertiary/aromatic N) is 2. The highest BCUT2D eigenvalue weighted by Crippen LogP contribution is 2.27. The second-order valence-electron chi connectivity index (χ2n) is 9.03. The zero-order valence-electron chi connectivity index (χ0n) is 22.2. The molecule has 0 aliphatic rings. The fourth-order valence-corrected chi connectivity index (χ4v) is 5.49. The molecule has 3 amide bonds. The summed E-state index contributed by atoms with van der Waals surface area (Å²) < 4.78 is 0. The Morgan fingerprint density at radius 3 is 2.51 bits per heavy atom. The second kappa shape index (κ2) is 12.6. The number of para-hydroxylation sites is 1. The number of thioether (sulfide) groups is 1. The predicted octanol–water partition coefficient (Wildman–Crippen LogP) is 5.86. The van der Waals surface area contributed by atoms with Crippen LogP contribution in [-0.4, -0.2) is 38.2 Å². The van der Waals surface area contributed by atoms with Crippen molar-refractivity contribution in [3.05, 3.63) is 107 Å². The van der Waals surface area contributed by atoms with E-state index < -0.39 is 17.1 Å². The van der Waals surface area contributed by atoms with E-state index >= 15 is 0 Å². The summed E-state index contributed by atoms with van der Waals surface area (Å²) in [6.45, 7) is 3.61. The van der Waals surface area contributed by atoms with Gasteiger partial charge in [-0.2, -0.15) is 0 Å². The first-order valence-corrected chi connectivity index (χ1v) is 14.4. The average Bonchev–Trinajstić information content (AvgIpc) is 3.58. The Hall–Kier alpha value is -4.74. The number of rotatable bonds is 9. The third-order valence-corrected chi connectivity index (χ3v) is 7.83. The molecule has 5 aromatic rings. The fourth-order valence-electron chi connectivity index (χ4n) is 3.97. The molecule has 1 unspecified atom stereocenters. The van der Waals surface area contributed by atoms with Crippen LogP contribution in [0.3, 0.4) is 0 Å². The van der Waals surface area contributed by atoms with Gasteiger partial charge >= 0.3 is 0 Å². The van der Waals surface area contributed by atoms with Crippen molar-refractivity contribution in [2.75, 3.05) is 10.6 Å². The van der Waals surface area contributed by atoms with Crippen LogP contribution in [0.5, 0.6) is 0 Å². The number of benzene rings is 3. The number of H-pyrrole nitrogens is 1. The van der Waals surface area contributed by atoms with E-state index in [0.29, 0.717) is 16.4 Å². The predicted molar refractivity (Wildman–Crippen MR) is 164 cm³/mol. The Balaban J connectivity index is 1.34. The van der Waals surface area contributed by atoms with Crippen molar-refractivity contribution >= 4 is 68.6 Å². The molecular weight excluding hydrogens is 557 g/mol. The zero-order valence-corrected chi connectivity index (χ0v) is 23.8. The van der Waals surface area contributed by atoms with Gasteiger partial charge in [-0.1, -0.05) is 53.8 Å². The summed E-state index contributed by atoms with van der Waals surface area (Å²) in [5, 5.41) is 18.0. The number of nitrogens with one attached hydrogen (secondary N) is 4. The number of fused-ring (bicyclic) bond motifs is 1. The maximum Gasteiger partial charge on any atom is 0.272 e. The number of hydrogen-bond donors (Lipinski definition) is 4. The third kappa shape index (κ3) is 7.07. The van der Waals surface area contributed by atoms with E-state index in [4.69, 9.17) is 0 Å². The second-order valence-corrected chi connectivity index (χ2v) is 11.6. The molecule has 0 aliphatic heterocycles. The van der Waals surface area contributed by atoms with Gasteiger partial charge in [0.25, 0.3) is 11.8 Å². The number of aromatic amines is 1. The summed E-state index contributed by atoms with van der Waals surface area (Å²) in [4.78, 5) is 43.1. The summed E-state index contributed by atoms with van der Waals surface area (Å²) in [5.41, 5.74) is 2.71. The molecule has 0 saturated heterocycles. The lowest BCUT2D eigenvalue weighted by atomic mass is 10.1. The number of aromatic nitrogens is 3. The van der Waals surface area contributed by atoms with Gasteiger partial charge in [-0.3, -0.25) is 19.7 Å². The van der Waals surface area contributed by atoms with E-state index in [1.54, 1.807) is 61.7 Å². The zero-order chi connectivity index (χ0) is 28.8. The summed E-state index contributed by atoms with van der Waals surface area (Å²) in [5.74, 6) is -1.09. The van der Waals surface area contributed by atoms with Crippen molar-refractivity contribution in [2.24, 2.45) is 0 Å². The first kappa shape index (κ1) is 27.8. The number of carbonyl (C=O) groups excluding carboxylic acids is 3. The van der Waals surface area contributed by atoms with Crippen LogP contribution in [0.1, 0.15) is 27.9 Å². The summed E-state index contributed by atoms with van der Waals surface area (Å²) in [7, 11) is 0. The molecule has 11 heteroatoms. The minimum Gasteiger partial charge on any atom is -0.361 e. The van der Waals surface area contributed by atoms with Crippen molar-refractivity contribution in [3.8, 4) is 0 Å². The molecule has 0 radical (unpaired) electrons. The molecule has 0 fully saturated rings. The molecule has 5 rings (SSSR count). The molecule has 2 heterocycles. The molecule has 0 aliphatic carbocycles. The molecule has 206 valence electrons. The van der Waals surface area contributed by atoms with Crippen molar-refractivity contribution in [1.29, 1.82) is 0 Å². The van der Waals surface area contributed by atoms with Crippen LogP contribution >= 0.6 is 23.1 Å². The normalized spacial score (nSPS) is 12.1. The first-order valence-electron chi connectivity index (χ1n) is 12.7. The quantitative estimate of drug-likeness (QED) is 0.127. The van der Waals surface area contributed by atoms with Gasteiger partial charge in [0, 0.05) is 38.8 Å². The molecule has 9 nitrogen and oxygen atoms in total. The van der Waals surface area contributed by atoms with E-state index in [1.165, 1.54) is 23.1 Å². The Bertz CT molecular complexity index is 1750. The van der Waals surface area contributed by atoms with Crippen LogP contribution in [0.25, 0.3) is 17.0 Å². The van der Waals surface area contributed by atoms with Gasteiger partial charge in [-0.25, -0.2) is 0 Å². The molecule has 0 bridgehead atoms. The number of aryl methyl sites for hydroxylation is 1. The average molecular weight is 583 g/mol. The highest BCUT2D eigenvalue weighted by atomic mass is 32.2. The van der Waals surface area contributed by atoms with Gasteiger partial charge < -0.3 is 15.6 Å². The largest absolute Gasteiger partial charge is 0.361 e. The van der Waals surface area contributed by atoms with Crippen LogP contribution in [0.15, 0.2) is 95.7 Å². The Morgan fingerprint density at radius 1 is 0.951 bits per heavy atom. The molecule has 2 aromatic heterocycles. The van der Waals surface area contributed by atoms with Gasteiger partial charge in [0.2, 0.25) is 11.0 Å². The van der Waals surface area contributed by atoms with Crippen molar-refractivity contribution in [3.63, 3.8) is 0 Å². The number of carbonyl (C=O) groups is 3. The number of anilines is 2. The highest BCUT2D eigenvalue weighted by molar-refractivity contribution is 8.00. The smallest absolute Gasteiger partial charge is 0.272 e. The van der Waals surface area contributed by atoms with E-state index in [9.17, 15) is 14.4 Å². The molecule has 0 saturated carbocycles. The lowest BCUT2D eigenvalue weighted by Crippen LogP contribution is -2.30. The van der Waals surface area contributed by atoms with Crippen LogP contribution in [-0.2, 0) is 9.59 Å². The summed E-state index contributed by atoms with van der Waals surface area (Å²) in [6.07, 6.45) is 3.44. The Kier molecular flexibility index (Phi) is 8.56. The monoisotopic (exact) mass is 582 g/mol. The van der Waals surface area contributed by atoms with Crippen LogP contribution < -0.4 is 16.0 Å². The summed E-state index contributed by atoms with van der Waals surface area (Å²) in [6, 6.07) is 23.6. The number of hydrogen-bond acceptors (Lipinski definition) is 7. The van der Waals surface area contributed by atoms with Gasteiger partial charge in [-0.05, 0) is 56.3 Å². The van der Waals surface area contributed by atoms with E-state index in [2.05, 4.69) is 31.1 Å². The van der Waals surface area contributed by atoms with Crippen molar-refractivity contribution in [1.82, 2.24) is 20.5 Å². The lowest BCUT2D eigenvalue weighted by molar-refractivity contribution is -0.115. The van der Waals surface area contributed by atoms with E-state index in [-0.39, 0.29) is 11.6 Å². The van der Waals surface area contributed by atoms with E-state index in [0.717, 1.165) is 26.4 Å². The molecular formula is C30H26N6O3S2. The summed E-state index contributed by atoms with van der Waals surface area (Å²) >= 11 is 2.65. The fraction of sp³-hybridized carbons (Fsp3) is 0.100. The maximum absolute atomic E-state index is 13.5. The maximum atomic E-state index is 13.5.